The van der Waals surface area contributed by atoms with E-state index in [0.29, 0.717) is 12.1 Å². The highest BCUT2D eigenvalue weighted by Gasteiger charge is 2.20. The van der Waals surface area contributed by atoms with Crippen molar-refractivity contribution in [3.63, 3.8) is 0 Å². The topological polar surface area (TPSA) is 165 Å². The Labute approximate surface area is 161 Å². The highest BCUT2D eigenvalue weighted by atomic mass is 16.1. The van der Waals surface area contributed by atoms with Crippen LogP contribution in [0.4, 0.5) is 17.5 Å². The summed E-state index contributed by atoms with van der Waals surface area (Å²) in [7, 11) is 0. The van der Waals surface area contributed by atoms with Crippen molar-refractivity contribution in [1.82, 2.24) is 20.2 Å². The van der Waals surface area contributed by atoms with Crippen molar-refractivity contribution >= 4 is 40.2 Å². The van der Waals surface area contributed by atoms with Crippen molar-refractivity contribution in [1.29, 1.82) is 0 Å². The highest BCUT2D eigenvalue weighted by Crippen LogP contribution is 2.26. The van der Waals surface area contributed by atoms with Gasteiger partial charge in [-0.1, -0.05) is 19.9 Å². The Balaban J connectivity index is 1.95. The van der Waals surface area contributed by atoms with E-state index in [9.17, 15) is 9.59 Å². The van der Waals surface area contributed by atoms with Crippen molar-refractivity contribution in [2.45, 2.75) is 26.3 Å². The SMILES string of the molecule is CC(C)C[C@@H](Nc1ncc(C(N)=O)c(Nc2cccc3[nH]ncc23)n1)C(N)=O. The quantitative estimate of drug-likeness (QED) is 0.394. The molecule has 0 spiro atoms. The molecule has 28 heavy (non-hydrogen) atoms. The lowest BCUT2D eigenvalue weighted by Crippen LogP contribution is -2.37. The number of nitrogens with one attached hydrogen (secondary N) is 3. The summed E-state index contributed by atoms with van der Waals surface area (Å²) >= 11 is 0. The second-order valence-electron chi connectivity index (χ2n) is 6.81. The van der Waals surface area contributed by atoms with Gasteiger partial charge in [-0.25, -0.2) is 4.98 Å². The van der Waals surface area contributed by atoms with E-state index >= 15 is 0 Å². The molecule has 1 aromatic carbocycles. The summed E-state index contributed by atoms with van der Waals surface area (Å²) in [6, 6.07) is 4.89. The maximum absolute atomic E-state index is 11.8. The van der Waals surface area contributed by atoms with Gasteiger partial charge in [0.1, 0.15) is 17.4 Å². The van der Waals surface area contributed by atoms with E-state index in [1.54, 1.807) is 6.20 Å². The largest absolute Gasteiger partial charge is 0.368 e. The zero-order chi connectivity index (χ0) is 20.3. The van der Waals surface area contributed by atoms with Gasteiger partial charge in [-0.05, 0) is 24.5 Å². The average Bonchev–Trinajstić information content (AvgIpc) is 3.10. The number of hydrogen-bond acceptors (Lipinski definition) is 7. The number of nitrogens with two attached hydrogens (primary N) is 2. The lowest BCUT2D eigenvalue weighted by Gasteiger charge is -2.18. The van der Waals surface area contributed by atoms with Gasteiger partial charge in [-0.15, -0.1) is 0 Å². The van der Waals surface area contributed by atoms with Crippen molar-refractivity contribution in [2.75, 3.05) is 10.6 Å². The third-order valence-corrected chi connectivity index (χ3v) is 4.15. The number of fused-ring (bicyclic) bond motifs is 1. The molecule has 0 radical (unpaired) electrons. The minimum atomic E-state index is -0.679. The van der Waals surface area contributed by atoms with Gasteiger partial charge in [0, 0.05) is 11.6 Å². The number of hydrogen-bond donors (Lipinski definition) is 5. The number of aromatic amines is 1. The summed E-state index contributed by atoms with van der Waals surface area (Å²) in [6.07, 6.45) is 3.49. The zero-order valence-electron chi connectivity index (χ0n) is 15.6. The molecule has 10 nitrogen and oxygen atoms in total. The molecule has 0 unspecified atom stereocenters. The standard InChI is InChI=1S/C18H22N8O2/c1-9(2)6-14(16(20)28)24-18-21-7-11(15(19)27)17(25-18)23-12-4-3-5-13-10(12)8-22-26-13/h3-5,7-9,14H,6H2,1-2H3,(H2,19,27)(H2,20,28)(H,22,26)(H2,21,23,24,25)/t14-/m1/s1. The molecular formula is C18H22N8O2. The van der Waals surface area contributed by atoms with Gasteiger partial charge in [0.25, 0.3) is 5.91 Å². The Bertz CT molecular complexity index is 1010. The number of primary amides is 2. The first kappa shape index (κ1) is 19.1. The summed E-state index contributed by atoms with van der Waals surface area (Å²) in [6.45, 7) is 3.96. The molecule has 2 amide bonds. The van der Waals surface area contributed by atoms with E-state index in [0.717, 1.165) is 10.9 Å². The molecule has 2 aromatic heterocycles. The van der Waals surface area contributed by atoms with Crippen LogP contribution in [0, 0.1) is 5.92 Å². The summed E-state index contributed by atoms with van der Waals surface area (Å²) in [5, 5.41) is 13.7. The molecule has 0 fully saturated rings. The van der Waals surface area contributed by atoms with Crippen LogP contribution in [-0.4, -0.2) is 38.0 Å². The number of H-pyrrole nitrogens is 1. The molecular weight excluding hydrogens is 360 g/mol. The third-order valence-electron chi connectivity index (χ3n) is 4.15. The molecule has 0 aliphatic rings. The number of aromatic nitrogens is 4. The van der Waals surface area contributed by atoms with Crippen LogP contribution in [0.15, 0.2) is 30.6 Å². The van der Waals surface area contributed by atoms with Gasteiger partial charge in [0.05, 0.1) is 17.4 Å². The highest BCUT2D eigenvalue weighted by molar-refractivity contribution is 6.00. The van der Waals surface area contributed by atoms with E-state index in [-0.39, 0.29) is 23.2 Å². The van der Waals surface area contributed by atoms with Crippen LogP contribution in [0.25, 0.3) is 10.9 Å². The van der Waals surface area contributed by atoms with Gasteiger partial charge >= 0.3 is 0 Å². The minimum absolute atomic E-state index is 0.116. The first-order chi connectivity index (χ1) is 13.3. The Morgan fingerprint density at radius 2 is 2.00 bits per heavy atom. The molecule has 3 aromatic rings. The first-order valence-electron chi connectivity index (χ1n) is 8.77. The molecule has 0 saturated heterocycles. The summed E-state index contributed by atoms with van der Waals surface area (Å²) in [5.41, 5.74) is 12.5. The minimum Gasteiger partial charge on any atom is -0.368 e. The van der Waals surface area contributed by atoms with E-state index in [4.69, 9.17) is 11.5 Å². The maximum Gasteiger partial charge on any atom is 0.254 e. The fraction of sp³-hybridized carbons (Fsp3) is 0.278. The maximum atomic E-state index is 11.8. The van der Waals surface area contributed by atoms with Crippen molar-refractivity contribution in [3.8, 4) is 0 Å². The van der Waals surface area contributed by atoms with Crippen molar-refractivity contribution in [3.05, 3.63) is 36.2 Å². The zero-order valence-corrected chi connectivity index (χ0v) is 15.6. The van der Waals surface area contributed by atoms with E-state index in [1.165, 1.54) is 6.20 Å². The number of benzene rings is 1. The van der Waals surface area contributed by atoms with Gasteiger partial charge in [0.2, 0.25) is 11.9 Å². The van der Waals surface area contributed by atoms with Crippen LogP contribution in [0.1, 0.15) is 30.6 Å². The van der Waals surface area contributed by atoms with Gasteiger partial charge < -0.3 is 22.1 Å². The Hall–Kier alpha value is -3.69. The van der Waals surface area contributed by atoms with Gasteiger partial charge in [-0.2, -0.15) is 10.1 Å². The summed E-state index contributed by atoms with van der Waals surface area (Å²) in [5.74, 6) is -0.565. The molecule has 146 valence electrons. The Kier molecular flexibility index (Phi) is 5.39. The monoisotopic (exact) mass is 382 g/mol. The number of nitrogens with zero attached hydrogens (tertiary/aromatic N) is 3. The van der Waals surface area contributed by atoms with Crippen molar-refractivity contribution < 1.29 is 9.59 Å². The molecule has 7 N–H and O–H groups in total. The number of rotatable bonds is 8. The fourth-order valence-electron chi connectivity index (χ4n) is 2.81. The molecule has 2 heterocycles. The van der Waals surface area contributed by atoms with Crippen LogP contribution in [0.2, 0.25) is 0 Å². The van der Waals surface area contributed by atoms with Crippen LogP contribution in [0.3, 0.4) is 0 Å². The predicted octanol–water partition coefficient (Wildman–Crippen LogP) is 1.51. The third kappa shape index (κ3) is 4.17. The smallest absolute Gasteiger partial charge is 0.254 e. The second-order valence-corrected chi connectivity index (χ2v) is 6.81. The fourth-order valence-corrected chi connectivity index (χ4v) is 2.81. The molecule has 1 atom stereocenters. The van der Waals surface area contributed by atoms with Gasteiger partial charge in [0.15, 0.2) is 0 Å². The Morgan fingerprint density at radius 3 is 2.68 bits per heavy atom. The van der Waals surface area contributed by atoms with Crippen LogP contribution >= 0.6 is 0 Å². The average molecular weight is 382 g/mol. The summed E-state index contributed by atoms with van der Waals surface area (Å²) in [4.78, 5) is 31.9. The number of carbonyl (C=O) groups excluding carboxylic acids is 2. The molecule has 10 heteroatoms. The van der Waals surface area contributed by atoms with E-state index in [1.807, 2.05) is 32.0 Å². The Morgan fingerprint density at radius 1 is 1.21 bits per heavy atom. The molecule has 0 bridgehead atoms. The lowest BCUT2D eigenvalue weighted by molar-refractivity contribution is -0.119. The first-order valence-corrected chi connectivity index (χ1v) is 8.77. The van der Waals surface area contributed by atoms with Crippen LogP contribution < -0.4 is 22.1 Å². The number of amides is 2. The normalized spacial score (nSPS) is 12.1. The number of carbonyl (C=O) groups is 2. The molecule has 3 rings (SSSR count). The van der Waals surface area contributed by atoms with E-state index in [2.05, 4.69) is 30.8 Å². The predicted molar refractivity (Wildman–Crippen MR) is 106 cm³/mol. The second kappa shape index (κ2) is 7.91. The van der Waals surface area contributed by atoms with Gasteiger partial charge in [-0.3, -0.25) is 14.7 Å². The lowest BCUT2D eigenvalue weighted by atomic mass is 10.0. The van der Waals surface area contributed by atoms with E-state index < -0.39 is 17.9 Å². The van der Waals surface area contributed by atoms with Crippen molar-refractivity contribution in [2.24, 2.45) is 17.4 Å². The summed E-state index contributed by atoms with van der Waals surface area (Å²) < 4.78 is 0. The van der Waals surface area contributed by atoms with Crippen LogP contribution in [0.5, 0.6) is 0 Å². The molecule has 0 aliphatic carbocycles. The number of anilines is 3. The molecule has 0 aliphatic heterocycles. The molecule has 0 saturated carbocycles. The van der Waals surface area contributed by atoms with Crippen LogP contribution in [-0.2, 0) is 4.79 Å².